The Morgan fingerprint density at radius 1 is 1.03 bits per heavy atom. The zero-order chi connectivity index (χ0) is 26.7. The second kappa shape index (κ2) is 14.6. The number of unbranched alkanes of at least 4 members (excludes halogenated alkanes) is 1. The third-order valence-corrected chi connectivity index (χ3v) is 15.0. The molecule has 1 saturated heterocycles. The van der Waals surface area contributed by atoms with Gasteiger partial charge in [-0.2, -0.15) is 0 Å². The highest BCUT2D eigenvalue weighted by Gasteiger charge is 2.41. The van der Waals surface area contributed by atoms with Crippen molar-refractivity contribution in [1.29, 1.82) is 0 Å². The predicted molar refractivity (Wildman–Crippen MR) is 165 cm³/mol. The van der Waals surface area contributed by atoms with Crippen LogP contribution in [0.3, 0.4) is 0 Å². The first-order valence-corrected chi connectivity index (χ1v) is 19.5. The number of nitrogens with zero attached hydrogens (tertiary/aromatic N) is 1. The number of hydrogen-bond donors (Lipinski definition) is 0. The van der Waals surface area contributed by atoms with E-state index in [-0.39, 0.29) is 0 Å². The van der Waals surface area contributed by atoms with Gasteiger partial charge in [-0.15, -0.1) is 28.0 Å². The molecule has 2 unspecified atom stereocenters. The van der Waals surface area contributed by atoms with Gasteiger partial charge in [-0.25, -0.2) is 0 Å². The molecule has 0 saturated carbocycles. The number of methoxy groups -OCH3 is 2. The zero-order valence-corrected chi connectivity index (χ0v) is 26.2. The third kappa shape index (κ3) is 9.00. The van der Waals surface area contributed by atoms with E-state index >= 15 is 0 Å². The Hall–Kier alpha value is -1.56. The SMILES string of the molecule is COc1ccc(CCN(C)CC#CCCCC2SCCCS2(O[Si](C)(C)C)c2ccccc2)cc1OC. The molecule has 3 rings (SSSR count). The van der Waals surface area contributed by atoms with Crippen molar-refractivity contribution >= 4 is 30.4 Å². The minimum Gasteiger partial charge on any atom is -0.493 e. The van der Waals surface area contributed by atoms with Crippen molar-refractivity contribution in [3.63, 3.8) is 0 Å². The van der Waals surface area contributed by atoms with Crippen LogP contribution in [0.15, 0.2) is 53.4 Å². The average molecular weight is 560 g/mol. The smallest absolute Gasteiger partial charge is 0.200 e. The van der Waals surface area contributed by atoms with Crippen LogP contribution in [0.25, 0.3) is 0 Å². The number of thioether (sulfide) groups is 1. The Morgan fingerprint density at radius 2 is 1.78 bits per heavy atom. The molecule has 0 bridgehead atoms. The van der Waals surface area contributed by atoms with E-state index in [1.165, 1.54) is 34.8 Å². The summed E-state index contributed by atoms with van der Waals surface area (Å²) in [6.07, 6.45) is 5.49. The molecule has 2 aromatic carbocycles. The normalized spacial score (nSPS) is 21.5. The van der Waals surface area contributed by atoms with E-state index in [4.69, 9.17) is 13.3 Å². The van der Waals surface area contributed by atoms with Crippen molar-refractivity contribution in [2.24, 2.45) is 0 Å². The van der Waals surface area contributed by atoms with Crippen LogP contribution >= 0.6 is 22.1 Å². The van der Waals surface area contributed by atoms with Crippen LogP contribution in [0.2, 0.25) is 19.6 Å². The molecule has 0 aromatic heterocycles. The summed E-state index contributed by atoms with van der Waals surface area (Å²) in [5, 5.41) is 0. The fourth-order valence-corrected chi connectivity index (χ4v) is 15.1. The minimum atomic E-state index is -1.68. The maximum atomic E-state index is 7.11. The highest BCUT2D eigenvalue weighted by Crippen LogP contribution is 2.68. The highest BCUT2D eigenvalue weighted by atomic mass is 32.3. The standard InChI is InChI=1S/C30H45NO3S2Si/c1-31(22-20-26-18-19-28(32-2)29(25-26)33-3)21-13-8-7-12-17-30-35-23-14-24-36(30,34-37(4,5)6)27-15-10-9-11-16-27/h9-11,15-16,18-19,25,30H,7,12,14,17,20-24H2,1-6H3. The van der Waals surface area contributed by atoms with Crippen LogP contribution < -0.4 is 9.47 Å². The Kier molecular flexibility index (Phi) is 11.8. The van der Waals surface area contributed by atoms with Gasteiger partial charge in [-0.3, -0.25) is 4.90 Å². The van der Waals surface area contributed by atoms with E-state index in [0.29, 0.717) is 4.58 Å². The van der Waals surface area contributed by atoms with Gasteiger partial charge in [0.25, 0.3) is 0 Å². The summed E-state index contributed by atoms with van der Waals surface area (Å²) in [5.74, 6) is 10.8. The molecule has 0 spiro atoms. The lowest BCUT2D eigenvalue weighted by Gasteiger charge is -2.52. The maximum Gasteiger partial charge on any atom is 0.200 e. The van der Waals surface area contributed by atoms with Gasteiger partial charge in [0.1, 0.15) is 0 Å². The van der Waals surface area contributed by atoms with Crippen LogP contribution in [0, 0.1) is 11.8 Å². The Labute approximate surface area is 232 Å². The predicted octanol–water partition coefficient (Wildman–Crippen LogP) is 7.45. The molecule has 2 atom stereocenters. The van der Waals surface area contributed by atoms with E-state index in [0.717, 1.165) is 43.9 Å². The first kappa shape index (κ1) is 30.0. The van der Waals surface area contributed by atoms with Gasteiger partial charge in [0.15, 0.2) is 11.5 Å². The van der Waals surface area contributed by atoms with Crippen molar-refractivity contribution in [2.45, 2.75) is 61.2 Å². The summed E-state index contributed by atoms with van der Waals surface area (Å²) in [6, 6.07) is 17.2. The third-order valence-electron chi connectivity index (χ3n) is 6.31. The van der Waals surface area contributed by atoms with Gasteiger partial charge >= 0.3 is 0 Å². The van der Waals surface area contributed by atoms with Crippen molar-refractivity contribution in [3.8, 4) is 23.3 Å². The Morgan fingerprint density at radius 3 is 2.49 bits per heavy atom. The van der Waals surface area contributed by atoms with Gasteiger partial charge in [0.05, 0.1) is 25.3 Å². The average Bonchev–Trinajstić information content (AvgIpc) is 2.89. The lowest BCUT2D eigenvalue weighted by molar-refractivity contribution is 0.353. The summed E-state index contributed by atoms with van der Waals surface area (Å²) in [4.78, 5) is 3.73. The summed E-state index contributed by atoms with van der Waals surface area (Å²) in [6.45, 7) is 8.78. The van der Waals surface area contributed by atoms with Crippen molar-refractivity contribution in [3.05, 3.63) is 54.1 Å². The second-order valence-corrected chi connectivity index (χ2v) is 19.9. The highest BCUT2D eigenvalue weighted by molar-refractivity contribution is 8.38. The van der Waals surface area contributed by atoms with Gasteiger partial charge in [0.2, 0.25) is 8.32 Å². The molecule has 4 nitrogen and oxygen atoms in total. The zero-order valence-electron chi connectivity index (χ0n) is 23.5. The van der Waals surface area contributed by atoms with E-state index < -0.39 is 18.6 Å². The summed E-state index contributed by atoms with van der Waals surface area (Å²) < 4.78 is 18.4. The molecule has 204 valence electrons. The molecule has 0 amide bonds. The number of hydrogen-bond acceptors (Lipinski definition) is 5. The summed E-state index contributed by atoms with van der Waals surface area (Å²) in [5.41, 5.74) is 1.24. The summed E-state index contributed by atoms with van der Waals surface area (Å²) >= 11 is 2.14. The molecule has 37 heavy (non-hydrogen) atoms. The molecule has 1 heterocycles. The van der Waals surface area contributed by atoms with Crippen molar-refractivity contribution in [1.82, 2.24) is 4.90 Å². The molecule has 1 fully saturated rings. The Balaban J connectivity index is 1.50. The maximum absolute atomic E-state index is 7.11. The largest absolute Gasteiger partial charge is 0.493 e. The molecular formula is C30H45NO3S2Si. The van der Waals surface area contributed by atoms with Crippen LogP contribution in [-0.4, -0.2) is 63.7 Å². The van der Waals surface area contributed by atoms with Crippen molar-refractivity contribution in [2.75, 3.05) is 45.9 Å². The topological polar surface area (TPSA) is 30.9 Å². The molecular weight excluding hydrogens is 515 g/mol. The molecule has 7 heteroatoms. The molecule has 0 radical (unpaired) electrons. The van der Waals surface area contributed by atoms with Gasteiger partial charge in [-0.1, -0.05) is 30.2 Å². The van der Waals surface area contributed by atoms with Gasteiger partial charge in [-0.05, 0) is 88.0 Å². The van der Waals surface area contributed by atoms with Crippen LogP contribution in [0.5, 0.6) is 11.5 Å². The number of benzene rings is 2. The first-order chi connectivity index (χ1) is 17.8. The molecule has 0 N–H and O–H groups in total. The molecule has 0 aliphatic carbocycles. The van der Waals surface area contributed by atoms with E-state index in [9.17, 15) is 0 Å². The molecule has 1 aliphatic rings. The van der Waals surface area contributed by atoms with Crippen LogP contribution in [0.4, 0.5) is 0 Å². The quantitative estimate of drug-likeness (QED) is 0.153. The first-order valence-electron chi connectivity index (χ1n) is 13.3. The lowest BCUT2D eigenvalue weighted by Crippen LogP contribution is -2.35. The fourth-order valence-electron chi connectivity index (χ4n) is 4.58. The van der Waals surface area contributed by atoms with E-state index in [1.807, 2.05) is 6.07 Å². The van der Waals surface area contributed by atoms with Gasteiger partial charge in [0, 0.05) is 23.6 Å². The van der Waals surface area contributed by atoms with Crippen LogP contribution in [-0.2, 0) is 10.3 Å². The Bertz CT molecular complexity index is 1030. The molecule has 2 aromatic rings. The lowest BCUT2D eigenvalue weighted by atomic mass is 10.1. The fraction of sp³-hybridized carbons (Fsp3) is 0.533. The van der Waals surface area contributed by atoms with Crippen molar-refractivity contribution < 1.29 is 13.3 Å². The summed E-state index contributed by atoms with van der Waals surface area (Å²) in [7, 11) is 2.53. The number of ether oxygens (including phenoxy) is 2. The van der Waals surface area contributed by atoms with E-state index in [2.05, 4.69) is 97.7 Å². The van der Waals surface area contributed by atoms with Gasteiger partial charge < -0.3 is 13.3 Å². The minimum absolute atomic E-state index is 0.571. The van der Waals surface area contributed by atoms with E-state index in [1.54, 1.807) is 14.2 Å². The molecule has 1 aliphatic heterocycles. The second-order valence-electron chi connectivity index (χ2n) is 10.5. The van der Waals surface area contributed by atoms with Crippen LogP contribution in [0.1, 0.15) is 31.2 Å². The monoisotopic (exact) mass is 559 g/mol. The number of likely N-dealkylation sites (N-methyl/N-ethyl adjacent to an activating group) is 1. The number of rotatable bonds is 12.